The van der Waals surface area contributed by atoms with Crippen LogP contribution >= 0.6 is 0 Å². The Morgan fingerprint density at radius 3 is 1.70 bits per heavy atom. The van der Waals surface area contributed by atoms with E-state index < -0.39 is 23.4 Å². The molecule has 6 heteroatoms. The maximum atomic E-state index is 13.6. The predicted octanol–water partition coefficient (Wildman–Crippen LogP) is 4.90. The zero-order valence-electron chi connectivity index (χ0n) is 18.2. The summed E-state index contributed by atoms with van der Waals surface area (Å²) >= 11 is 0. The van der Waals surface area contributed by atoms with Gasteiger partial charge in [0.25, 0.3) is 0 Å². The van der Waals surface area contributed by atoms with Crippen molar-refractivity contribution < 1.29 is 23.8 Å². The monoisotopic (exact) mass is 411 g/mol. The molecule has 6 nitrogen and oxygen atoms in total. The van der Waals surface area contributed by atoms with Gasteiger partial charge in [-0.3, -0.25) is 14.5 Å². The molecular formula is C24H29NO5. The molecule has 1 atom stereocenters. The van der Waals surface area contributed by atoms with Crippen LogP contribution in [-0.4, -0.2) is 31.7 Å². The van der Waals surface area contributed by atoms with Crippen molar-refractivity contribution >= 4 is 23.3 Å². The minimum atomic E-state index is -1.02. The van der Waals surface area contributed by atoms with Gasteiger partial charge >= 0.3 is 5.97 Å². The molecule has 0 aliphatic rings. The molecule has 0 unspecified atom stereocenters. The van der Waals surface area contributed by atoms with E-state index in [1.807, 2.05) is 0 Å². The van der Waals surface area contributed by atoms with Crippen LogP contribution in [0.3, 0.4) is 0 Å². The first kappa shape index (κ1) is 23.0. The van der Waals surface area contributed by atoms with E-state index in [1.54, 1.807) is 89.6 Å². The first-order chi connectivity index (χ1) is 14.2. The quantitative estimate of drug-likeness (QED) is 0.351. The second-order valence-corrected chi connectivity index (χ2v) is 7.68. The number of nitrogens with zero attached hydrogens (tertiary/aromatic N) is 1. The highest BCUT2D eigenvalue weighted by Gasteiger charge is 2.34. The third-order valence-electron chi connectivity index (χ3n) is 4.27. The number of benzene rings is 2. The van der Waals surface area contributed by atoms with Crippen LogP contribution in [0.1, 0.15) is 27.2 Å². The molecule has 0 spiro atoms. The van der Waals surface area contributed by atoms with Gasteiger partial charge in [0.05, 0.1) is 14.2 Å². The molecule has 0 bridgehead atoms. The fourth-order valence-corrected chi connectivity index (χ4v) is 2.86. The number of anilines is 2. The van der Waals surface area contributed by atoms with Gasteiger partial charge in [-0.1, -0.05) is 6.08 Å². The lowest BCUT2D eigenvalue weighted by Gasteiger charge is -2.28. The zero-order valence-corrected chi connectivity index (χ0v) is 18.2. The third kappa shape index (κ3) is 5.86. The Hall–Kier alpha value is -3.28. The van der Waals surface area contributed by atoms with Gasteiger partial charge in [0, 0.05) is 11.4 Å². The number of carbonyl (C=O) groups excluding carboxylic acids is 2. The van der Waals surface area contributed by atoms with E-state index in [1.165, 1.54) is 4.90 Å². The van der Waals surface area contributed by atoms with E-state index in [0.717, 1.165) is 0 Å². The maximum absolute atomic E-state index is 13.6. The number of esters is 1. The predicted molar refractivity (Wildman–Crippen MR) is 117 cm³/mol. The van der Waals surface area contributed by atoms with Crippen molar-refractivity contribution in [3.8, 4) is 11.5 Å². The molecule has 0 N–H and O–H groups in total. The molecule has 0 aliphatic heterocycles. The van der Waals surface area contributed by atoms with Gasteiger partial charge in [0.15, 0.2) is 0 Å². The molecule has 0 aromatic heterocycles. The van der Waals surface area contributed by atoms with Crippen LogP contribution in [0.15, 0.2) is 61.2 Å². The number of hydrogen-bond donors (Lipinski definition) is 0. The fourth-order valence-electron chi connectivity index (χ4n) is 2.86. The summed E-state index contributed by atoms with van der Waals surface area (Å²) in [6.07, 6.45) is 1.71. The number of carbonyl (C=O) groups is 2. The lowest BCUT2D eigenvalue weighted by molar-refractivity contribution is -0.161. The van der Waals surface area contributed by atoms with Crippen molar-refractivity contribution in [3.63, 3.8) is 0 Å². The van der Waals surface area contributed by atoms with Gasteiger partial charge in [-0.05, 0) is 75.7 Å². The minimum Gasteiger partial charge on any atom is -0.497 e. The second kappa shape index (κ2) is 9.96. The van der Waals surface area contributed by atoms with Crippen LogP contribution in [0, 0.1) is 5.92 Å². The van der Waals surface area contributed by atoms with Crippen molar-refractivity contribution in [1.29, 1.82) is 0 Å². The molecule has 1 amide bonds. The van der Waals surface area contributed by atoms with Gasteiger partial charge in [0.2, 0.25) is 5.91 Å². The first-order valence-electron chi connectivity index (χ1n) is 9.66. The Bertz CT molecular complexity index is 818. The van der Waals surface area contributed by atoms with E-state index in [2.05, 4.69) is 6.58 Å². The van der Waals surface area contributed by atoms with Crippen molar-refractivity contribution in [2.75, 3.05) is 19.1 Å². The van der Waals surface area contributed by atoms with E-state index in [0.29, 0.717) is 22.9 Å². The number of ether oxygens (including phenoxy) is 3. The Kier molecular flexibility index (Phi) is 7.64. The number of hydrogen-bond acceptors (Lipinski definition) is 5. The lowest BCUT2D eigenvalue weighted by Crippen LogP contribution is -2.39. The Balaban J connectivity index is 2.49. The number of amides is 1. The SMILES string of the molecule is C=CC[C@H](C(=O)OC(C)(C)C)C(=O)N(c1ccc(OC)cc1)c1ccc(OC)cc1. The van der Waals surface area contributed by atoms with Crippen LogP contribution in [-0.2, 0) is 14.3 Å². The van der Waals surface area contributed by atoms with Gasteiger partial charge in [-0.2, -0.15) is 0 Å². The summed E-state index contributed by atoms with van der Waals surface area (Å²) in [5.74, 6) is -0.684. The average molecular weight is 411 g/mol. The van der Waals surface area contributed by atoms with Crippen LogP contribution in [0.2, 0.25) is 0 Å². The number of methoxy groups -OCH3 is 2. The molecule has 160 valence electrons. The highest BCUT2D eigenvalue weighted by atomic mass is 16.6. The van der Waals surface area contributed by atoms with Crippen LogP contribution < -0.4 is 14.4 Å². The molecule has 2 aromatic rings. The maximum Gasteiger partial charge on any atom is 0.319 e. The molecule has 0 fully saturated rings. The third-order valence-corrected chi connectivity index (χ3v) is 4.27. The van der Waals surface area contributed by atoms with E-state index in [-0.39, 0.29) is 6.42 Å². The van der Waals surface area contributed by atoms with Crippen LogP contribution in [0.25, 0.3) is 0 Å². The molecule has 0 saturated carbocycles. The summed E-state index contributed by atoms with van der Waals surface area (Å²) in [5, 5.41) is 0. The normalized spacial score (nSPS) is 11.9. The second-order valence-electron chi connectivity index (χ2n) is 7.68. The van der Waals surface area contributed by atoms with Crippen LogP contribution in [0.5, 0.6) is 11.5 Å². The first-order valence-corrected chi connectivity index (χ1v) is 9.66. The fraction of sp³-hybridized carbons (Fsp3) is 0.333. The molecule has 0 heterocycles. The molecule has 30 heavy (non-hydrogen) atoms. The van der Waals surface area contributed by atoms with E-state index in [4.69, 9.17) is 14.2 Å². The summed E-state index contributed by atoms with van der Waals surface area (Å²) in [5.41, 5.74) is 0.495. The Morgan fingerprint density at radius 1 is 0.933 bits per heavy atom. The van der Waals surface area contributed by atoms with Gasteiger partial charge in [-0.25, -0.2) is 0 Å². The summed E-state index contributed by atoms with van der Waals surface area (Å²) in [6, 6.07) is 14.1. The van der Waals surface area contributed by atoms with E-state index in [9.17, 15) is 9.59 Å². The summed E-state index contributed by atoms with van der Waals surface area (Å²) in [4.78, 5) is 27.9. The molecule has 2 aromatic carbocycles. The number of allylic oxidation sites excluding steroid dienone is 1. The highest BCUT2D eigenvalue weighted by molar-refractivity contribution is 6.10. The topological polar surface area (TPSA) is 65.1 Å². The largest absolute Gasteiger partial charge is 0.497 e. The van der Waals surface area contributed by atoms with Crippen molar-refractivity contribution in [2.24, 2.45) is 5.92 Å². The van der Waals surface area contributed by atoms with E-state index >= 15 is 0 Å². The average Bonchev–Trinajstić information content (AvgIpc) is 2.71. The minimum absolute atomic E-state index is 0.163. The molecule has 0 saturated heterocycles. The Morgan fingerprint density at radius 2 is 1.37 bits per heavy atom. The van der Waals surface area contributed by atoms with Crippen molar-refractivity contribution in [2.45, 2.75) is 32.8 Å². The summed E-state index contributed by atoms with van der Waals surface area (Å²) in [6.45, 7) is 9.01. The zero-order chi connectivity index (χ0) is 22.3. The standard InChI is InChI=1S/C24H29NO5/c1-7-8-21(23(27)30-24(2,3)4)22(26)25(17-9-13-19(28-5)14-10-17)18-11-15-20(29-6)16-12-18/h7,9-16,21H,1,8H2,2-6H3/t21-/m0/s1. The Labute approximate surface area is 178 Å². The summed E-state index contributed by atoms with van der Waals surface area (Å²) in [7, 11) is 3.15. The molecule has 0 radical (unpaired) electrons. The van der Waals surface area contributed by atoms with Gasteiger partial charge in [-0.15, -0.1) is 6.58 Å². The van der Waals surface area contributed by atoms with Crippen molar-refractivity contribution in [1.82, 2.24) is 0 Å². The summed E-state index contributed by atoms with van der Waals surface area (Å²) < 4.78 is 15.9. The molecule has 2 rings (SSSR count). The van der Waals surface area contributed by atoms with Gasteiger partial charge < -0.3 is 14.2 Å². The molecular weight excluding hydrogens is 382 g/mol. The number of rotatable bonds is 8. The van der Waals surface area contributed by atoms with Gasteiger partial charge in [0.1, 0.15) is 23.0 Å². The lowest BCUT2D eigenvalue weighted by atomic mass is 10.0. The smallest absolute Gasteiger partial charge is 0.319 e. The van der Waals surface area contributed by atoms with Crippen LogP contribution in [0.4, 0.5) is 11.4 Å². The van der Waals surface area contributed by atoms with Crippen molar-refractivity contribution in [3.05, 3.63) is 61.2 Å². The molecule has 0 aliphatic carbocycles. The highest BCUT2D eigenvalue weighted by Crippen LogP contribution is 2.31.